The van der Waals surface area contributed by atoms with E-state index in [1.165, 1.54) is 11.1 Å². The van der Waals surface area contributed by atoms with Gasteiger partial charge in [0, 0.05) is 16.7 Å². The molecule has 0 nitrogen and oxygen atoms in total. The molecule has 2 unspecified atom stereocenters. The summed E-state index contributed by atoms with van der Waals surface area (Å²) in [4.78, 5) is 0.532. The Kier molecular flexibility index (Phi) is 3.49. The van der Waals surface area contributed by atoms with Crippen LogP contribution < -0.4 is 0 Å². The van der Waals surface area contributed by atoms with Crippen molar-refractivity contribution in [1.29, 1.82) is 0 Å². The first-order chi connectivity index (χ1) is 9.20. The quantitative estimate of drug-likeness (QED) is 0.655. The van der Waals surface area contributed by atoms with E-state index in [-0.39, 0.29) is 0 Å². The molecule has 0 saturated heterocycles. The maximum atomic E-state index is 3.90. The predicted molar refractivity (Wildman–Crippen MR) is 85.5 cm³/mol. The third-order valence-electron chi connectivity index (χ3n) is 4.48. The Bertz CT molecular complexity index is 550. The predicted octanol–water partition coefficient (Wildman–Crippen LogP) is 5.24. The molecule has 1 aromatic rings. The average molecular weight is 315 g/mol. The number of rotatable bonds is 2. The van der Waals surface area contributed by atoms with Crippen molar-refractivity contribution in [3.8, 4) is 0 Å². The Labute approximate surface area is 124 Å². The van der Waals surface area contributed by atoms with Crippen molar-refractivity contribution in [2.45, 2.75) is 24.6 Å². The molecular formula is C18H19Br. The number of alkyl halides is 1. The van der Waals surface area contributed by atoms with Crippen LogP contribution in [0.2, 0.25) is 0 Å². The van der Waals surface area contributed by atoms with Gasteiger partial charge in [0.2, 0.25) is 0 Å². The Hall–Kier alpha value is -1.08. The zero-order valence-corrected chi connectivity index (χ0v) is 13.0. The van der Waals surface area contributed by atoms with E-state index in [4.69, 9.17) is 0 Å². The molecule has 3 rings (SSSR count). The van der Waals surface area contributed by atoms with Crippen LogP contribution in [0, 0.1) is 11.8 Å². The standard InChI is InChI=1S/C18H19Br/c1-12(14-8-4-3-5-9-14)17-13(2)18(19)16-11-7-6-10-15(16)17/h3-13,16,18H,1-2H3/t12?,13-,16?,18-/m0/s1. The highest BCUT2D eigenvalue weighted by molar-refractivity contribution is 9.09. The van der Waals surface area contributed by atoms with Crippen molar-refractivity contribution >= 4 is 15.9 Å². The van der Waals surface area contributed by atoms with Gasteiger partial charge in [-0.25, -0.2) is 0 Å². The Morgan fingerprint density at radius 2 is 1.84 bits per heavy atom. The first kappa shape index (κ1) is 12.9. The Morgan fingerprint density at radius 3 is 2.58 bits per heavy atom. The van der Waals surface area contributed by atoms with Gasteiger partial charge >= 0.3 is 0 Å². The molecule has 0 amide bonds. The molecule has 2 aliphatic rings. The first-order valence-corrected chi connectivity index (χ1v) is 7.89. The van der Waals surface area contributed by atoms with Crippen LogP contribution in [-0.4, -0.2) is 4.83 Å². The largest absolute Gasteiger partial charge is 0.0874 e. The van der Waals surface area contributed by atoms with E-state index in [0.29, 0.717) is 22.6 Å². The van der Waals surface area contributed by atoms with E-state index >= 15 is 0 Å². The molecule has 0 saturated carbocycles. The van der Waals surface area contributed by atoms with Gasteiger partial charge in [-0.3, -0.25) is 0 Å². The van der Waals surface area contributed by atoms with E-state index < -0.39 is 0 Å². The molecule has 4 atom stereocenters. The highest BCUT2D eigenvalue weighted by atomic mass is 79.9. The maximum absolute atomic E-state index is 3.90. The summed E-state index contributed by atoms with van der Waals surface area (Å²) in [5, 5.41) is 0. The molecule has 0 N–H and O–H groups in total. The van der Waals surface area contributed by atoms with Crippen molar-refractivity contribution in [3.05, 3.63) is 71.3 Å². The fourth-order valence-corrected chi connectivity index (χ4v) is 4.18. The number of hydrogen-bond acceptors (Lipinski definition) is 0. The van der Waals surface area contributed by atoms with Gasteiger partial charge in [-0.2, -0.15) is 0 Å². The first-order valence-electron chi connectivity index (χ1n) is 6.98. The fourth-order valence-electron chi connectivity index (χ4n) is 3.44. The molecular weight excluding hydrogens is 296 g/mol. The summed E-state index contributed by atoms with van der Waals surface area (Å²) in [5.41, 5.74) is 4.53. The minimum atomic E-state index is 0.493. The molecule has 0 bridgehead atoms. The zero-order chi connectivity index (χ0) is 13.4. The lowest BCUT2D eigenvalue weighted by Crippen LogP contribution is -2.15. The van der Waals surface area contributed by atoms with E-state index in [1.54, 1.807) is 5.57 Å². The van der Waals surface area contributed by atoms with E-state index in [1.807, 2.05) is 0 Å². The molecule has 1 aromatic carbocycles. The number of fused-ring (bicyclic) bond motifs is 1. The normalized spacial score (nSPS) is 30.6. The number of halogens is 1. The summed E-state index contributed by atoms with van der Waals surface area (Å²) in [7, 11) is 0. The van der Waals surface area contributed by atoms with Crippen LogP contribution >= 0.6 is 15.9 Å². The second-order valence-corrected chi connectivity index (χ2v) is 6.60. The lowest BCUT2D eigenvalue weighted by atomic mass is 9.85. The molecule has 0 aliphatic heterocycles. The third kappa shape index (κ3) is 2.14. The second-order valence-electron chi connectivity index (χ2n) is 5.55. The van der Waals surface area contributed by atoms with Crippen molar-refractivity contribution in [2.75, 3.05) is 0 Å². The SMILES string of the molecule is CC(C1=C2C=CC=CC2[C@@H](Br)[C@H]1C)c1ccccc1. The lowest BCUT2D eigenvalue weighted by molar-refractivity contribution is 0.608. The topological polar surface area (TPSA) is 0 Å². The molecule has 0 heterocycles. The van der Waals surface area contributed by atoms with Crippen LogP contribution in [0.5, 0.6) is 0 Å². The minimum Gasteiger partial charge on any atom is -0.0874 e. The smallest absolute Gasteiger partial charge is 0.0312 e. The maximum Gasteiger partial charge on any atom is 0.0312 e. The van der Waals surface area contributed by atoms with Crippen LogP contribution in [0.1, 0.15) is 25.3 Å². The van der Waals surface area contributed by atoms with Gasteiger partial charge in [0.1, 0.15) is 0 Å². The van der Waals surface area contributed by atoms with Gasteiger partial charge in [0.25, 0.3) is 0 Å². The summed E-state index contributed by atoms with van der Waals surface area (Å²) < 4.78 is 0. The van der Waals surface area contributed by atoms with Crippen LogP contribution in [0.3, 0.4) is 0 Å². The molecule has 2 aliphatic carbocycles. The lowest BCUT2D eigenvalue weighted by Gasteiger charge is -2.20. The van der Waals surface area contributed by atoms with Gasteiger partial charge in [0.15, 0.2) is 0 Å². The van der Waals surface area contributed by atoms with Crippen molar-refractivity contribution < 1.29 is 0 Å². The zero-order valence-electron chi connectivity index (χ0n) is 11.4. The van der Waals surface area contributed by atoms with Gasteiger partial charge in [-0.15, -0.1) is 0 Å². The van der Waals surface area contributed by atoms with Crippen LogP contribution in [-0.2, 0) is 0 Å². The van der Waals surface area contributed by atoms with E-state index in [2.05, 4.69) is 84.4 Å². The highest BCUT2D eigenvalue weighted by Gasteiger charge is 2.38. The molecule has 1 heteroatoms. The number of hydrogen-bond donors (Lipinski definition) is 0. The van der Waals surface area contributed by atoms with Gasteiger partial charge in [0.05, 0.1) is 0 Å². The highest BCUT2D eigenvalue weighted by Crippen LogP contribution is 2.48. The molecule has 0 aromatic heterocycles. The monoisotopic (exact) mass is 314 g/mol. The van der Waals surface area contributed by atoms with E-state index in [9.17, 15) is 0 Å². The molecule has 98 valence electrons. The van der Waals surface area contributed by atoms with Crippen LogP contribution in [0.25, 0.3) is 0 Å². The number of allylic oxidation sites excluding steroid dienone is 6. The number of benzene rings is 1. The summed E-state index contributed by atoms with van der Waals surface area (Å²) in [6, 6.07) is 10.8. The van der Waals surface area contributed by atoms with Gasteiger partial charge in [-0.1, -0.05) is 90.0 Å². The van der Waals surface area contributed by atoms with Crippen LogP contribution in [0.4, 0.5) is 0 Å². The van der Waals surface area contributed by atoms with Crippen molar-refractivity contribution in [1.82, 2.24) is 0 Å². The average Bonchev–Trinajstić information content (AvgIpc) is 2.72. The summed E-state index contributed by atoms with van der Waals surface area (Å²) in [6.45, 7) is 4.68. The third-order valence-corrected chi connectivity index (χ3v) is 5.84. The molecule has 0 spiro atoms. The Balaban J connectivity index is 2.03. The Morgan fingerprint density at radius 1 is 1.11 bits per heavy atom. The van der Waals surface area contributed by atoms with Gasteiger partial charge < -0.3 is 0 Å². The van der Waals surface area contributed by atoms with E-state index in [0.717, 1.165) is 0 Å². The molecule has 19 heavy (non-hydrogen) atoms. The molecule has 0 fully saturated rings. The fraction of sp³-hybridized carbons (Fsp3) is 0.333. The minimum absolute atomic E-state index is 0.493. The summed E-state index contributed by atoms with van der Waals surface area (Å²) in [5.74, 6) is 1.62. The van der Waals surface area contributed by atoms with Crippen LogP contribution in [0.15, 0.2) is 65.8 Å². The molecule has 0 radical (unpaired) electrons. The van der Waals surface area contributed by atoms with Gasteiger partial charge in [-0.05, 0) is 17.1 Å². The summed E-state index contributed by atoms with van der Waals surface area (Å²) >= 11 is 3.90. The summed E-state index contributed by atoms with van der Waals surface area (Å²) in [6.07, 6.45) is 8.97. The van der Waals surface area contributed by atoms with Crippen molar-refractivity contribution in [2.24, 2.45) is 11.8 Å². The van der Waals surface area contributed by atoms with Crippen molar-refractivity contribution in [3.63, 3.8) is 0 Å². The second kappa shape index (κ2) is 5.13.